The van der Waals surface area contributed by atoms with E-state index in [1.807, 2.05) is 34.9 Å². The molecule has 37 heavy (non-hydrogen) atoms. The average molecular weight is 537 g/mol. The normalized spacial score (nSPS) is 14.5. The first-order chi connectivity index (χ1) is 17.9. The maximum Gasteiger partial charge on any atom is 0.243 e. The van der Waals surface area contributed by atoms with Gasteiger partial charge >= 0.3 is 0 Å². The lowest BCUT2D eigenvalue weighted by Gasteiger charge is -2.26. The molecule has 1 aromatic heterocycles. The molecule has 0 N–H and O–H groups in total. The Balaban J connectivity index is 1.48. The Labute approximate surface area is 219 Å². The smallest absolute Gasteiger partial charge is 0.243 e. The third-order valence-electron chi connectivity index (χ3n) is 6.19. The number of piperidine rings is 1. The molecule has 1 aliphatic rings. The van der Waals surface area contributed by atoms with Gasteiger partial charge < -0.3 is 0 Å². The summed E-state index contributed by atoms with van der Waals surface area (Å²) in [6, 6.07) is 21.6. The van der Waals surface area contributed by atoms with E-state index in [1.54, 1.807) is 28.6 Å². The first-order valence-corrected chi connectivity index (χ1v) is 14.4. The Morgan fingerprint density at radius 3 is 2.35 bits per heavy atom. The van der Waals surface area contributed by atoms with Crippen molar-refractivity contribution in [3.63, 3.8) is 0 Å². The lowest BCUT2D eigenvalue weighted by atomic mass is 10.1. The molecule has 0 spiro atoms. The molecule has 0 radical (unpaired) electrons. The number of aromatic nitrogens is 3. The molecule has 0 saturated carbocycles. The van der Waals surface area contributed by atoms with Crippen LogP contribution in [0.3, 0.4) is 0 Å². The van der Waals surface area contributed by atoms with Crippen molar-refractivity contribution >= 4 is 27.6 Å². The number of ketones is 1. The Morgan fingerprint density at radius 2 is 1.62 bits per heavy atom. The van der Waals surface area contributed by atoms with E-state index < -0.39 is 15.8 Å². The number of nitrogens with zero attached hydrogens (tertiary/aromatic N) is 4. The Bertz CT molecular complexity index is 1500. The summed E-state index contributed by atoms with van der Waals surface area (Å²) in [5.74, 6) is -0.00965. The van der Waals surface area contributed by atoms with Crippen LogP contribution < -0.4 is 0 Å². The van der Waals surface area contributed by atoms with Crippen LogP contribution in [-0.4, -0.2) is 52.1 Å². The number of thioether (sulfide) groups is 1. The second-order valence-corrected chi connectivity index (χ2v) is 11.6. The summed E-state index contributed by atoms with van der Waals surface area (Å²) in [4.78, 5) is 12.9. The van der Waals surface area contributed by atoms with E-state index in [0.29, 0.717) is 35.2 Å². The summed E-state index contributed by atoms with van der Waals surface area (Å²) in [5, 5.41) is 9.20. The van der Waals surface area contributed by atoms with E-state index in [9.17, 15) is 17.6 Å². The van der Waals surface area contributed by atoms with Gasteiger partial charge in [-0.3, -0.25) is 9.36 Å². The summed E-state index contributed by atoms with van der Waals surface area (Å²) in [6.45, 7) is 1.05. The highest BCUT2D eigenvalue weighted by Gasteiger charge is 2.27. The lowest BCUT2D eigenvalue weighted by molar-refractivity contribution is 0.102. The quantitative estimate of drug-likeness (QED) is 0.227. The molecule has 0 amide bonds. The molecule has 5 rings (SSSR count). The van der Waals surface area contributed by atoms with E-state index in [2.05, 4.69) is 10.2 Å². The molecular formula is C27H25FN4O3S2. The molecule has 1 fully saturated rings. The number of rotatable bonds is 8. The van der Waals surface area contributed by atoms with E-state index in [0.717, 1.165) is 24.9 Å². The van der Waals surface area contributed by atoms with Crippen molar-refractivity contribution in [3.05, 3.63) is 90.2 Å². The number of Topliss-reactive ketones (excluding diaryl/α,β-unsaturated/α-hetero) is 1. The van der Waals surface area contributed by atoms with Crippen LogP contribution in [0.4, 0.5) is 4.39 Å². The van der Waals surface area contributed by atoms with E-state index in [1.165, 1.54) is 36.0 Å². The van der Waals surface area contributed by atoms with Crippen LogP contribution in [0, 0.1) is 5.82 Å². The fraction of sp³-hybridized carbons (Fsp3) is 0.222. The minimum Gasteiger partial charge on any atom is -0.293 e. The summed E-state index contributed by atoms with van der Waals surface area (Å²) < 4.78 is 43.2. The Morgan fingerprint density at radius 1 is 0.892 bits per heavy atom. The van der Waals surface area contributed by atoms with Crippen LogP contribution >= 0.6 is 11.8 Å². The minimum absolute atomic E-state index is 0.0833. The van der Waals surface area contributed by atoms with Gasteiger partial charge in [0.15, 0.2) is 16.8 Å². The molecule has 7 nitrogen and oxygen atoms in total. The molecule has 4 aromatic rings. The van der Waals surface area contributed by atoms with E-state index in [-0.39, 0.29) is 16.4 Å². The number of carbonyl (C=O) groups excluding carboxylic acids is 1. The van der Waals surface area contributed by atoms with Gasteiger partial charge in [-0.2, -0.15) is 4.31 Å². The molecule has 0 bridgehead atoms. The first-order valence-electron chi connectivity index (χ1n) is 12.0. The largest absolute Gasteiger partial charge is 0.293 e. The Hall–Kier alpha value is -3.34. The molecule has 190 valence electrons. The van der Waals surface area contributed by atoms with Gasteiger partial charge in [-0.15, -0.1) is 10.2 Å². The van der Waals surface area contributed by atoms with Gasteiger partial charge in [0.1, 0.15) is 5.82 Å². The number of halogens is 1. The highest BCUT2D eigenvalue weighted by atomic mass is 32.2. The fourth-order valence-electron chi connectivity index (χ4n) is 4.26. The third-order valence-corrected chi connectivity index (χ3v) is 9.01. The number of hydrogen-bond acceptors (Lipinski definition) is 6. The number of sulfonamides is 1. The van der Waals surface area contributed by atoms with Gasteiger partial charge in [0.25, 0.3) is 0 Å². The second kappa shape index (κ2) is 11.0. The average Bonchev–Trinajstić information content (AvgIpc) is 3.37. The molecule has 2 heterocycles. The van der Waals surface area contributed by atoms with Gasteiger partial charge in [-0.1, -0.05) is 48.5 Å². The topological polar surface area (TPSA) is 85.2 Å². The summed E-state index contributed by atoms with van der Waals surface area (Å²) in [5.41, 5.74) is 1.80. The van der Waals surface area contributed by atoms with Crippen LogP contribution in [0.15, 0.2) is 88.9 Å². The first kappa shape index (κ1) is 25.3. The lowest BCUT2D eigenvalue weighted by Crippen LogP contribution is -2.35. The molecule has 10 heteroatoms. The van der Waals surface area contributed by atoms with Gasteiger partial charge in [0.2, 0.25) is 10.0 Å². The van der Waals surface area contributed by atoms with Gasteiger partial charge in [-0.25, -0.2) is 12.8 Å². The second-order valence-electron chi connectivity index (χ2n) is 8.69. The van der Waals surface area contributed by atoms with Crippen LogP contribution in [-0.2, 0) is 10.0 Å². The van der Waals surface area contributed by atoms with Gasteiger partial charge in [0, 0.05) is 29.9 Å². The van der Waals surface area contributed by atoms with Crippen LogP contribution in [0.25, 0.3) is 17.1 Å². The molecule has 0 unspecified atom stereocenters. The van der Waals surface area contributed by atoms with Crippen LogP contribution in [0.2, 0.25) is 0 Å². The summed E-state index contributed by atoms with van der Waals surface area (Å²) in [6.07, 6.45) is 2.76. The summed E-state index contributed by atoms with van der Waals surface area (Å²) >= 11 is 1.22. The fourth-order valence-corrected chi connectivity index (χ4v) is 6.67. The molecular weight excluding hydrogens is 511 g/mol. The predicted molar refractivity (Wildman–Crippen MR) is 141 cm³/mol. The van der Waals surface area contributed by atoms with Crippen molar-refractivity contribution in [2.24, 2.45) is 0 Å². The maximum atomic E-state index is 13.3. The van der Waals surface area contributed by atoms with Crippen LogP contribution in [0.5, 0.6) is 0 Å². The maximum absolute atomic E-state index is 13.3. The van der Waals surface area contributed by atoms with Crippen molar-refractivity contribution in [2.45, 2.75) is 29.3 Å². The standard InChI is InChI=1S/C27H25FN4O3S2/c28-22-14-12-20(13-15-22)25(33)19-36-27-30-29-26(32(27)23-9-3-1-4-10-23)21-8-7-11-24(18-21)37(34,35)31-16-5-2-6-17-31/h1,3-4,7-15,18H,2,5-6,16-17,19H2. The number of hydrogen-bond donors (Lipinski definition) is 0. The number of para-hydroxylation sites is 1. The SMILES string of the molecule is O=C(CSc1nnc(-c2cccc(S(=O)(=O)N3CCCCC3)c2)n1-c1ccccc1)c1ccc(F)cc1. The zero-order chi connectivity index (χ0) is 25.8. The van der Waals surface area contributed by atoms with Gasteiger partial charge in [0.05, 0.1) is 10.6 Å². The number of carbonyl (C=O) groups is 1. The predicted octanol–water partition coefficient (Wildman–Crippen LogP) is 5.22. The van der Waals surface area contributed by atoms with Crippen molar-refractivity contribution in [3.8, 4) is 17.1 Å². The summed E-state index contributed by atoms with van der Waals surface area (Å²) in [7, 11) is -3.62. The van der Waals surface area contributed by atoms with Crippen molar-refractivity contribution < 1.29 is 17.6 Å². The molecule has 1 aliphatic heterocycles. The highest BCUT2D eigenvalue weighted by Crippen LogP contribution is 2.30. The van der Waals surface area contributed by atoms with E-state index >= 15 is 0 Å². The molecule has 0 aliphatic carbocycles. The zero-order valence-electron chi connectivity index (χ0n) is 20.0. The highest BCUT2D eigenvalue weighted by molar-refractivity contribution is 7.99. The molecule has 0 atom stereocenters. The van der Waals surface area contributed by atoms with Crippen LogP contribution in [0.1, 0.15) is 29.6 Å². The van der Waals surface area contributed by atoms with Crippen molar-refractivity contribution in [1.29, 1.82) is 0 Å². The third kappa shape index (κ3) is 5.51. The minimum atomic E-state index is -3.62. The van der Waals surface area contributed by atoms with Crippen molar-refractivity contribution in [2.75, 3.05) is 18.8 Å². The van der Waals surface area contributed by atoms with E-state index in [4.69, 9.17) is 0 Å². The molecule has 3 aromatic carbocycles. The van der Waals surface area contributed by atoms with Gasteiger partial charge in [-0.05, 0) is 61.4 Å². The monoisotopic (exact) mass is 536 g/mol. The molecule has 1 saturated heterocycles. The van der Waals surface area contributed by atoms with Crippen molar-refractivity contribution in [1.82, 2.24) is 19.1 Å². The Kier molecular flexibility index (Phi) is 7.50. The zero-order valence-corrected chi connectivity index (χ0v) is 21.6. The number of benzene rings is 3.